The highest BCUT2D eigenvalue weighted by Gasteiger charge is 2.65. The van der Waals surface area contributed by atoms with Crippen molar-refractivity contribution in [2.45, 2.75) is 57.1 Å². The van der Waals surface area contributed by atoms with Crippen molar-refractivity contribution < 1.29 is 17.2 Å². The maximum atomic E-state index is 14.5. The molecule has 6 rings (SSSR count). The Balaban J connectivity index is 1.44. The molecule has 8 nitrogen and oxygen atoms in total. The number of rotatable bonds is 6. The molecule has 0 saturated heterocycles. The average Bonchev–Trinajstić information content (AvgIpc) is 3.56. The van der Waals surface area contributed by atoms with Crippen LogP contribution in [0.25, 0.3) is 22.8 Å². The molecule has 2 bridgehead atoms. The van der Waals surface area contributed by atoms with E-state index in [9.17, 15) is 17.2 Å². The van der Waals surface area contributed by atoms with Crippen LogP contribution in [0.3, 0.4) is 0 Å². The number of aromatic amines is 1. The fourth-order valence-corrected chi connectivity index (χ4v) is 7.50. The van der Waals surface area contributed by atoms with Crippen LogP contribution in [0.2, 0.25) is 0 Å². The van der Waals surface area contributed by atoms with E-state index in [-0.39, 0.29) is 34.2 Å². The number of halogens is 2. The number of benzene rings is 1. The van der Waals surface area contributed by atoms with Crippen LogP contribution in [-0.4, -0.2) is 44.5 Å². The molecule has 3 aromatic heterocycles. The molecule has 4 aromatic rings. The molecule has 1 saturated carbocycles. The third kappa shape index (κ3) is 3.58. The molecule has 1 aromatic carbocycles. The van der Waals surface area contributed by atoms with Crippen LogP contribution in [0.5, 0.6) is 0 Å². The van der Waals surface area contributed by atoms with Crippen molar-refractivity contribution in [3.05, 3.63) is 76.9 Å². The van der Waals surface area contributed by atoms with Gasteiger partial charge in [-0.1, -0.05) is 32.9 Å². The Hall–Kier alpha value is -3.60. The normalized spacial score (nSPS) is 22.2. The topological polar surface area (TPSA) is 114 Å². The Kier molecular flexibility index (Phi) is 5.73. The number of nitrogens with zero attached hydrogens (tertiary/aromatic N) is 5. The first kappa shape index (κ1) is 25.7. The van der Waals surface area contributed by atoms with Crippen LogP contribution in [0.4, 0.5) is 8.78 Å². The fraction of sp³-hybridized carbons (Fsp3) is 0.393. The highest BCUT2D eigenvalue weighted by atomic mass is 32.2. The van der Waals surface area contributed by atoms with Gasteiger partial charge >= 0.3 is 0 Å². The molecule has 0 unspecified atom stereocenters. The number of pyridine rings is 1. The van der Waals surface area contributed by atoms with Gasteiger partial charge in [-0.3, -0.25) is 0 Å². The number of nitrogens with one attached hydrogen (secondary N) is 1. The Morgan fingerprint density at radius 1 is 1.03 bits per heavy atom. The minimum Gasteiger partial charge on any atom is -0.323 e. The molecule has 0 aliphatic heterocycles. The maximum absolute atomic E-state index is 14.5. The molecule has 202 valence electrons. The van der Waals surface area contributed by atoms with Crippen molar-refractivity contribution in [2.75, 3.05) is 5.75 Å². The second-order valence-electron chi connectivity index (χ2n) is 10.9. The molecule has 2 aliphatic rings. The van der Waals surface area contributed by atoms with Crippen molar-refractivity contribution in [2.24, 2.45) is 5.41 Å². The van der Waals surface area contributed by atoms with Gasteiger partial charge in [-0.05, 0) is 67.0 Å². The number of fused-ring (bicyclic) bond motifs is 5. The van der Waals surface area contributed by atoms with E-state index in [1.807, 2.05) is 12.1 Å². The van der Waals surface area contributed by atoms with Crippen molar-refractivity contribution in [3.63, 3.8) is 0 Å². The zero-order chi connectivity index (χ0) is 27.7. The standard InChI is InChI=1S/C28H28F2N6O2S/c1-5-39(37,38)15(2)25-32-26(36-35-25)20-10-7-11-22(31-20)28-13-12-17(27(28,3)4)16-14-21(33-34-24(16)28)23-18(29)8-6-9-19(23)30/h6-11,14-15,17H,5,12-13H2,1-4H3,(H,32,35,36)/t15-,17+,28+/m1/s1. The van der Waals surface area contributed by atoms with Crippen molar-refractivity contribution in [1.82, 2.24) is 30.4 Å². The monoisotopic (exact) mass is 550 g/mol. The van der Waals surface area contributed by atoms with E-state index in [2.05, 4.69) is 39.2 Å². The van der Waals surface area contributed by atoms with Crippen LogP contribution in [0, 0.1) is 17.0 Å². The first-order valence-corrected chi connectivity index (χ1v) is 14.7. The second kappa shape index (κ2) is 8.70. The third-order valence-corrected chi connectivity index (χ3v) is 11.0. The number of aromatic nitrogens is 6. The van der Waals surface area contributed by atoms with Gasteiger partial charge in [-0.2, -0.15) is 5.10 Å². The summed E-state index contributed by atoms with van der Waals surface area (Å²) in [5, 5.41) is 16.3. The molecule has 1 fully saturated rings. The molecule has 3 atom stereocenters. The summed E-state index contributed by atoms with van der Waals surface area (Å²) in [6, 6.07) is 11.2. The summed E-state index contributed by atoms with van der Waals surface area (Å²) in [4.78, 5) is 8.02. The van der Waals surface area contributed by atoms with Crippen LogP contribution >= 0.6 is 0 Å². The predicted octanol–water partition coefficient (Wildman–Crippen LogP) is 5.30. The van der Waals surface area contributed by atoms with Gasteiger partial charge in [0.15, 0.2) is 15.7 Å². The smallest absolute Gasteiger partial charge is 0.180 e. The minimum absolute atomic E-state index is 0.00240. The van der Waals surface area contributed by atoms with Gasteiger partial charge in [-0.25, -0.2) is 22.2 Å². The van der Waals surface area contributed by atoms with E-state index < -0.39 is 32.1 Å². The first-order chi connectivity index (χ1) is 18.5. The molecule has 1 N–H and O–H groups in total. The number of sulfone groups is 1. The third-order valence-electron chi connectivity index (χ3n) is 8.86. The first-order valence-electron chi connectivity index (χ1n) is 13.0. The summed E-state index contributed by atoms with van der Waals surface area (Å²) in [7, 11) is -3.34. The van der Waals surface area contributed by atoms with Crippen LogP contribution in [0.15, 0.2) is 42.5 Å². The lowest BCUT2D eigenvalue weighted by Crippen LogP contribution is -2.37. The Morgan fingerprint density at radius 2 is 1.74 bits per heavy atom. The van der Waals surface area contributed by atoms with Gasteiger partial charge in [0.1, 0.15) is 28.4 Å². The average molecular weight is 551 g/mol. The molecule has 2 aliphatic carbocycles. The molecule has 3 heterocycles. The van der Waals surface area contributed by atoms with Crippen molar-refractivity contribution in [3.8, 4) is 22.8 Å². The molecule has 11 heteroatoms. The lowest BCUT2D eigenvalue weighted by atomic mass is 9.66. The molecular formula is C28H28F2N6O2S. The summed E-state index contributed by atoms with van der Waals surface area (Å²) >= 11 is 0. The van der Waals surface area contributed by atoms with Gasteiger partial charge in [-0.15, -0.1) is 15.3 Å². The van der Waals surface area contributed by atoms with Gasteiger partial charge in [0.2, 0.25) is 0 Å². The van der Waals surface area contributed by atoms with E-state index in [0.29, 0.717) is 11.5 Å². The Morgan fingerprint density at radius 3 is 2.46 bits per heavy atom. The van der Waals surface area contributed by atoms with E-state index in [1.54, 1.807) is 26.0 Å². The van der Waals surface area contributed by atoms with Crippen LogP contribution < -0.4 is 0 Å². The Bertz CT molecular complexity index is 1700. The summed E-state index contributed by atoms with van der Waals surface area (Å²) in [6.45, 7) is 7.53. The molecule has 39 heavy (non-hydrogen) atoms. The number of H-pyrrole nitrogens is 1. The SMILES string of the molecule is CCS(=O)(=O)[C@H](C)c1nnc(-c2cccc([C@@]34CC[C@@H](c5cc(-c6c(F)cccc6F)nnc53)C4(C)C)n2)[nH]1. The molecule has 0 spiro atoms. The van der Waals surface area contributed by atoms with E-state index >= 15 is 0 Å². The van der Waals surface area contributed by atoms with Crippen molar-refractivity contribution >= 4 is 9.84 Å². The van der Waals surface area contributed by atoms with Gasteiger partial charge in [0.05, 0.1) is 28.1 Å². The maximum Gasteiger partial charge on any atom is 0.180 e. The van der Waals surface area contributed by atoms with Crippen LogP contribution in [0.1, 0.15) is 74.5 Å². The summed E-state index contributed by atoms with van der Waals surface area (Å²) < 4.78 is 53.8. The minimum atomic E-state index is -3.34. The molecule has 0 radical (unpaired) electrons. The van der Waals surface area contributed by atoms with E-state index in [4.69, 9.17) is 4.98 Å². The Labute approximate surface area is 225 Å². The van der Waals surface area contributed by atoms with Gasteiger partial charge in [0.25, 0.3) is 0 Å². The summed E-state index contributed by atoms with van der Waals surface area (Å²) in [6.07, 6.45) is 1.67. The number of hydrogen-bond acceptors (Lipinski definition) is 7. The predicted molar refractivity (Wildman–Crippen MR) is 141 cm³/mol. The summed E-state index contributed by atoms with van der Waals surface area (Å²) in [5.74, 6) is -0.597. The lowest BCUT2D eigenvalue weighted by Gasteiger charge is -2.37. The second-order valence-corrected chi connectivity index (χ2v) is 13.5. The van der Waals surface area contributed by atoms with Gasteiger partial charge in [0, 0.05) is 5.75 Å². The lowest BCUT2D eigenvalue weighted by molar-refractivity contribution is 0.243. The molecular weight excluding hydrogens is 522 g/mol. The summed E-state index contributed by atoms with van der Waals surface area (Å²) in [5.41, 5.74) is 2.17. The number of hydrogen-bond donors (Lipinski definition) is 1. The van der Waals surface area contributed by atoms with E-state index in [0.717, 1.165) is 29.8 Å². The zero-order valence-electron chi connectivity index (χ0n) is 22.0. The fourth-order valence-electron chi connectivity index (χ4n) is 6.55. The largest absolute Gasteiger partial charge is 0.323 e. The van der Waals surface area contributed by atoms with Gasteiger partial charge < -0.3 is 4.98 Å². The quantitative estimate of drug-likeness (QED) is 0.346. The highest BCUT2D eigenvalue weighted by Crippen LogP contribution is 2.69. The van der Waals surface area contributed by atoms with Crippen LogP contribution in [-0.2, 0) is 15.3 Å². The van der Waals surface area contributed by atoms with Crippen molar-refractivity contribution in [1.29, 1.82) is 0 Å². The van der Waals surface area contributed by atoms with E-state index in [1.165, 1.54) is 18.2 Å². The highest BCUT2D eigenvalue weighted by molar-refractivity contribution is 7.91. The molecule has 0 amide bonds. The zero-order valence-corrected chi connectivity index (χ0v) is 22.9.